The van der Waals surface area contributed by atoms with Crippen LogP contribution in [0, 0.1) is 5.92 Å². The highest BCUT2D eigenvalue weighted by atomic mass is 32.2. The number of rotatable bonds is 6. The number of piperidine rings is 1. The third-order valence-corrected chi connectivity index (χ3v) is 5.66. The summed E-state index contributed by atoms with van der Waals surface area (Å²) < 4.78 is 34.0. The summed E-state index contributed by atoms with van der Waals surface area (Å²) in [6.07, 6.45) is 3.21. The summed E-state index contributed by atoms with van der Waals surface area (Å²) in [5.41, 5.74) is 0. The first-order chi connectivity index (χ1) is 9.05. The van der Waals surface area contributed by atoms with Gasteiger partial charge in [0.1, 0.15) is 0 Å². The first kappa shape index (κ1) is 15.2. The lowest BCUT2D eigenvalue weighted by molar-refractivity contribution is -0.00515. The zero-order valence-electron chi connectivity index (χ0n) is 11.4. The molecule has 19 heavy (non-hydrogen) atoms. The Bertz CT molecular complexity index is 373. The van der Waals surface area contributed by atoms with Gasteiger partial charge in [0.2, 0.25) is 0 Å². The molecule has 7 heteroatoms. The molecule has 1 saturated heterocycles. The second kappa shape index (κ2) is 6.49. The molecule has 0 aromatic carbocycles. The molecule has 0 aromatic rings. The van der Waals surface area contributed by atoms with Gasteiger partial charge in [0.15, 0.2) is 0 Å². The van der Waals surface area contributed by atoms with Gasteiger partial charge in [-0.15, -0.1) is 0 Å². The zero-order valence-corrected chi connectivity index (χ0v) is 12.2. The summed E-state index contributed by atoms with van der Waals surface area (Å²) in [4.78, 5) is 0. The molecule has 0 bridgehead atoms. The summed E-state index contributed by atoms with van der Waals surface area (Å²) in [5.74, 6) is 0.248. The van der Waals surface area contributed by atoms with Gasteiger partial charge < -0.3 is 9.84 Å². The van der Waals surface area contributed by atoms with Crippen molar-refractivity contribution in [3.8, 4) is 0 Å². The third kappa shape index (κ3) is 3.88. The van der Waals surface area contributed by atoms with Crippen LogP contribution in [0.1, 0.15) is 32.6 Å². The monoisotopic (exact) mass is 292 g/mol. The Labute approximate surface area is 115 Å². The van der Waals surface area contributed by atoms with E-state index in [1.165, 1.54) is 4.31 Å². The lowest BCUT2D eigenvalue weighted by Crippen LogP contribution is -2.53. The van der Waals surface area contributed by atoms with Gasteiger partial charge in [-0.1, -0.05) is 0 Å². The summed E-state index contributed by atoms with van der Waals surface area (Å²) in [6.45, 7) is 3.78. The van der Waals surface area contributed by atoms with Gasteiger partial charge in [-0.05, 0) is 38.5 Å². The van der Waals surface area contributed by atoms with Gasteiger partial charge in [-0.25, -0.2) is 0 Å². The van der Waals surface area contributed by atoms with E-state index in [4.69, 9.17) is 9.84 Å². The van der Waals surface area contributed by atoms with Crippen LogP contribution in [-0.2, 0) is 14.9 Å². The van der Waals surface area contributed by atoms with E-state index >= 15 is 0 Å². The molecule has 2 fully saturated rings. The van der Waals surface area contributed by atoms with Crippen molar-refractivity contribution in [1.29, 1.82) is 0 Å². The lowest BCUT2D eigenvalue weighted by Gasteiger charge is -2.37. The maximum atomic E-state index is 12.2. The van der Waals surface area contributed by atoms with Crippen molar-refractivity contribution >= 4 is 10.2 Å². The van der Waals surface area contributed by atoms with Gasteiger partial charge in [0.25, 0.3) is 10.2 Å². The quantitative estimate of drug-likeness (QED) is 0.727. The largest absolute Gasteiger partial charge is 0.396 e. The fourth-order valence-corrected chi connectivity index (χ4v) is 4.11. The molecular weight excluding hydrogens is 268 g/mol. The minimum absolute atomic E-state index is 0.0112. The molecule has 112 valence electrons. The van der Waals surface area contributed by atoms with Crippen molar-refractivity contribution in [2.24, 2.45) is 5.92 Å². The first-order valence-corrected chi connectivity index (χ1v) is 8.49. The van der Waals surface area contributed by atoms with Crippen LogP contribution in [-0.4, -0.2) is 56.3 Å². The highest BCUT2D eigenvalue weighted by Gasteiger charge is 2.35. The van der Waals surface area contributed by atoms with Crippen molar-refractivity contribution < 1.29 is 18.3 Å². The molecule has 0 spiro atoms. The highest BCUT2D eigenvalue weighted by Crippen LogP contribution is 2.25. The molecule has 2 N–H and O–H groups in total. The molecule has 1 saturated carbocycles. The van der Waals surface area contributed by atoms with Crippen molar-refractivity contribution in [3.63, 3.8) is 0 Å². The number of hydrogen-bond donors (Lipinski definition) is 2. The minimum Gasteiger partial charge on any atom is -0.396 e. The maximum absolute atomic E-state index is 12.2. The Morgan fingerprint density at radius 3 is 2.47 bits per heavy atom. The second-order valence-corrected chi connectivity index (χ2v) is 7.10. The van der Waals surface area contributed by atoms with Crippen LogP contribution in [0.2, 0.25) is 0 Å². The van der Waals surface area contributed by atoms with Gasteiger partial charge in [-0.2, -0.15) is 17.4 Å². The minimum atomic E-state index is -3.37. The van der Waals surface area contributed by atoms with E-state index < -0.39 is 10.2 Å². The van der Waals surface area contributed by atoms with Crippen molar-refractivity contribution in [3.05, 3.63) is 0 Å². The summed E-state index contributed by atoms with van der Waals surface area (Å²) in [6, 6.07) is 0.0112. The van der Waals surface area contributed by atoms with Crippen molar-refractivity contribution in [2.75, 3.05) is 26.3 Å². The van der Waals surface area contributed by atoms with Gasteiger partial charge >= 0.3 is 0 Å². The molecule has 0 aromatic heterocycles. The van der Waals surface area contributed by atoms with E-state index in [1.807, 2.05) is 6.92 Å². The predicted octanol–water partition coefficient (Wildman–Crippen LogP) is 0.0926. The zero-order chi connectivity index (χ0) is 13.9. The van der Waals surface area contributed by atoms with Crippen molar-refractivity contribution in [2.45, 2.75) is 44.8 Å². The Morgan fingerprint density at radius 2 is 1.95 bits per heavy atom. The standard InChI is InChI=1S/C12H24N2O4S/c1-2-18-12-7-11(8-12)13-19(16,17)14-5-3-10(9-15)4-6-14/h10-13,15H,2-9H2,1H3. The molecule has 2 rings (SSSR count). The van der Waals surface area contributed by atoms with Crippen molar-refractivity contribution in [1.82, 2.24) is 9.03 Å². The van der Waals surface area contributed by atoms with Crippen LogP contribution in [0.25, 0.3) is 0 Å². The van der Waals surface area contributed by atoms with Crippen LogP contribution < -0.4 is 4.72 Å². The predicted molar refractivity (Wildman–Crippen MR) is 71.9 cm³/mol. The molecule has 0 amide bonds. The average Bonchev–Trinajstić information content (AvgIpc) is 2.36. The van der Waals surface area contributed by atoms with E-state index in [9.17, 15) is 8.42 Å². The Hall–Kier alpha value is -0.210. The average molecular weight is 292 g/mol. The fourth-order valence-electron chi connectivity index (χ4n) is 2.65. The molecule has 1 heterocycles. The van der Waals surface area contributed by atoms with E-state index in [0.717, 1.165) is 25.7 Å². The van der Waals surface area contributed by atoms with Gasteiger partial charge in [0.05, 0.1) is 6.10 Å². The Morgan fingerprint density at radius 1 is 1.32 bits per heavy atom. The molecule has 1 aliphatic heterocycles. The van der Waals surface area contributed by atoms with Crippen LogP contribution in [0.15, 0.2) is 0 Å². The maximum Gasteiger partial charge on any atom is 0.279 e. The fraction of sp³-hybridized carbons (Fsp3) is 1.00. The molecule has 0 unspecified atom stereocenters. The molecule has 2 aliphatic rings. The summed E-state index contributed by atoms with van der Waals surface area (Å²) >= 11 is 0. The van der Waals surface area contributed by atoms with Crippen LogP contribution in [0.5, 0.6) is 0 Å². The topological polar surface area (TPSA) is 78.9 Å². The van der Waals surface area contributed by atoms with E-state index in [1.54, 1.807) is 0 Å². The molecule has 0 atom stereocenters. The van der Waals surface area contributed by atoms with Crippen LogP contribution in [0.3, 0.4) is 0 Å². The number of hydrogen-bond acceptors (Lipinski definition) is 4. The number of aliphatic hydroxyl groups is 1. The normalized spacial score (nSPS) is 30.2. The first-order valence-electron chi connectivity index (χ1n) is 7.05. The van der Waals surface area contributed by atoms with Gasteiger partial charge in [-0.3, -0.25) is 0 Å². The SMILES string of the molecule is CCOC1CC(NS(=O)(=O)N2CCC(CO)CC2)C1. The molecule has 1 aliphatic carbocycles. The summed E-state index contributed by atoms with van der Waals surface area (Å²) in [7, 11) is -3.37. The number of ether oxygens (including phenoxy) is 1. The van der Waals surface area contributed by atoms with E-state index in [2.05, 4.69) is 4.72 Å². The third-order valence-electron chi connectivity index (χ3n) is 3.98. The number of nitrogens with one attached hydrogen (secondary N) is 1. The summed E-state index contributed by atoms with van der Waals surface area (Å²) in [5, 5.41) is 9.05. The Balaban J connectivity index is 1.77. The van der Waals surface area contributed by atoms with Crippen LogP contribution in [0.4, 0.5) is 0 Å². The molecule has 0 radical (unpaired) electrons. The Kier molecular flexibility index (Phi) is 5.19. The van der Waals surface area contributed by atoms with E-state index in [0.29, 0.717) is 19.7 Å². The smallest absolute Gasteiger partial charge is 0.279 e. The number of aliphatic hydroxyl groups excluding tert-OH is 1. The van der Waals surface area contributed by atoms with E-state index in [-0.39, 0.29) is 24.7 Å². The highest BCUT2D eigenvalue weighted by molar-refractivity contribution is 7.87. The lowest BCUT2D eigenvalue weighted by atomic mass is 9.90. The second-order valence-electron chi connectivity index (χ2n) is 5.39. The number of nitrogens with zero attached hydrogens (tertiary/aromatic N) is 1. The molecular formula is C12H24N2O4S. The van der Waals surface area contributed by atoms with Gasteiger partial charge in [0, 0.05) is 32.3 Å². The molecule has 6 nitrogen and oxygen atoms in total. The van der Waals surface area contributed by atoms with Crippen LogP contribution >= 0.6 is 0 Å².